The molecular formula is C15H10F3NO2. The molecule has 3 nitrogen and oxygen atoms in total. The Labute approximate surface area is 118 Å². The third-order valence-corrected chi connectivity index (χ3v) is 3.17. The number of hydrogen-bond acceptors (Lipinski definition) is 2. The summed E-state index contributed by atoms with van der Waals surface area (Å²) in [5.41, 5.74) is 0.156. The molecule has 0 bridgehead atoms. The van der Waals surface area contributed by atoms with Crippen molar-refractivity contribution in [3.63, 3.8) is 0 Å². The van der Waals surface area contributed by atoms with Crippen LogP contribution in [0.3, 0.4) is 0 Å². The molecule has 1 amide bonds. The van der Waals surface area contributed by atoms with Gasteiger partial charge in [0.1, 0.15) is 5.75 Å². The van der Waals surface area contributed by atoms with Crippen LogP contribution in [-0.2, 0) is 11.0 Å². The molecule has 0 radical (unpaired) electrons. The van der Waals surface area contributed by atoms with E-state index in [-0.39, 0.29) is 0 Å². The van der Waals surface area contributed by atoms with Crippen molar-refractivity contribution in [2.45, 2.75) is 12.3 Å². The lowest BCUT2D eigenvalue weighted by Gasteiger charge is -2.26. The van der Waals surface area contributed by atoms with Crippen molar-refractivity contribution >= 4 is 11.6 Å². The molecular weight excluding hydrogens is 283 g/mol. The van der Waals surface area contributed by atoms with Crippen LogP contribution >= 0.6 is 0 Å². The van der Waals surface area contributed by atoms with Crippen LogP contribution in [0, 0.1) is 0 Å². The first kappa shape index (κ1) is 13.5. The van der Waals surface area contributed by atoms with Gasteiger partial charge in [0.25, 0.3) is 5.91 Å². The third-order valence-electron chi connectivity index (χ3n) is 3.17. The maximum absolute atomic E-state index is 12.5. The summed E-state index contributed by atoms with van der Waals surface area (Å²) in [5, 5.41) is 2.67. The predicted octanol–water partition coefficient (Wildman–Crippen LogP) is 3.78. The summed E-state index contributed by atoms with van der Waals surface area (Å²) in [6.07, 6.45) is -5.36. The molecule has 1 N–H and O–H groups in total. The molecule has 0 unspecified atom stereocenters. The van der Waals surface area contributed by atoms with E-state index in [4.69, 9.17) is 4.74 Å². The van der Waals surface area contributed by atoms with E-state index in [0.29, 0.717) is 17.0 Å². The summed E-state index contributed by atoms with van der Waals surface area (Å²) in [7, 11) is 0. The maximum Gasteiger partial charge on any atom is 0.416 e. The molecule has 6 heteroatoms. The number of carbonyl (C=O) groups excluding carboxylic acids is 1. The summed E-state index contributed by atoms with van der Waals surface area (Å²) in [6, 6.07) is 11.3. The van der Waals surface area contributed by atoms with Gasteiger partial charge in [-0.1, -0.05) is 24.3 Å². The van der Waals surface area contributed by atoms with Crippen molar-refractivity contribution in [2.24, 2.45) is 0 Å². The Morgan fingerprint density at radius 1 is 1.00 bits per heavy atom. The largest absolute Gasteiger partial charge is 0.474 e. The van der Waals surface area contributed by atoms with Crippen molar-refractivity contribution in [3.8, 4) is 5.75 Å². The molecule has 21 heavy (non-hydrogen) atoms. The van der Waals surface area contributed by atoms with Gasteiger partial charge in [-0.05, 0) is 24.3 Å². The molecule has 3 rings (SSSR count). The highest BCUT2D eigenvalue weighted by Gasteiger charge is 2.32. The number of alkyl halides is 3. The smallest absolute Gasteiger partial charge is 0.416 e. The highest BCUT2D eigenvalue weighted by atomic mass is 19.4. The molecule has 0 spiro atoms. The second kappa shape index (κ2) is 4.80. The minimum atomic E-state index is -4.40. The summed E-state index contributed by atoms with van der Waals surface area (Å²) in [6.45, 7) is 0. The second-order valence-electron chi connectivity index (χ2n) is 4.60. The molecule has 0 fully saturated rings. The topological polar surface area (TPSA) is 38.3 Å². The summed E-state index contributed by atoms with van der Waals surface area (Å²) in [5.74, 6) is 0.0791. The molecule has 0 aromatic heterocycles. The number of ether oxygens (including phenoxy) is 1. The minimum Gasteiger partial charge on any atom is -0.474 e. The van der Waals surface area contributed by atoms with Crippen LogP contribution in [0.5, 0.6) is 5.75 Å². The highest BCUT2D eigenvalue weighted by molar-refractivity contribution is 5.98. The van der Waals surface area contributed by atoms with Crippen LogP contribution in [0.1, 0.15) is 17.2 Å². The van der Waals surface area contributed by atoms with Gasteiger partial charge in [0.15, 0.2) is 0 Å². The van der Waals surface area contributed by atoms with E-state index in [1.807, 2.05) is 0 Å². The molecule has 2 aromatic rings. The van der Waals surface area contributed by atoms with E-state index in [2.05, 4.69) is 5.32 Å². The number of benzene rings is 2. The van der Waals surface area contributed by atoms with Gasteiger partial charge in [-0.2, -0.15) is 13.2 Å². The molecule has 108 valence electrons. The normalized spacial score (nSPS) is 17.7. The molecule has 1 atom stereocenters. The monoisotopic (exact) mass is 293 g/mol. The fraction of sp³-hybridized carbons (Fsp3) is 0.133. The Kier molecular flexibility index (Phi) is 3.08. The first-order valence-corrected chi connectivity index (χ1v) is 6.19. The van der Waals surface area contributed by atoms with Gasteiger partial charge in [-0.15, -0.1) is 0 Å². The number of nitrogens with one attached hydrogen (secondary N) is 1. The molecule has 1 aliphatic rings. The number of para-hydroxylation sites is 2. The van der Waals surface area contributed by atoms with Crippen LogP contribution < -0.4 is 10.1 Å². The summed E-state index contributed by atoms with van der Waals surface area (Å²) < 4.78 is 43.1. The zero-order valence-electron chi connectivity index (χ0n) is 10.6. The van der Waals surface area contributed by atoms with Gasteiger partial charge < -0.3 is 10.1 Å². The van der Waals surface area contributed by atoms with Crippen LogP contribution in [0.15, 0.2) is 48.5 Å². The van der Waals surface area contributed by atoms with Crippen LogP contribution in [0.25, 0.3) is 0 Å². The SMILES string of the molecule is O=C1Nc2ccccc2O[C@H]1c1ccc(C(F)(F)F)cc1. The van der Waals surface area contributed by atoms with E-state index >= 15 is 0 Å². The fourth-order valence-corrected chi connectivity index (χ4v) is 2.12. The number of fused-ring (bicyclic) bond motifs is 1. The molecule has 0 saturated carbocycles. The van der Waals surface area contributed by atoms with Gasteiger partial charge in [-0.3, -0.25) is 4.79 Å². The second-order valence-corrected chi connectivity index (χ2v) is 4.60. The van der Waals surface area contributed by atoms with Crippen molar-refractivity contribution in [1.29, 1.82) is 0 Å². The number of amides is 1. The predicted molar refractivity (Wildman–Crippen MR) is 69.9 cm³/mol. The Morgan fingerprint density at radius 3 is 2.33 bits per heavy atom. The summed E-state index contributed by atoms with van der Waals surface area (Å²) >= 11 is 0. The number of halogens is 3. The lowest BCUT2D eigenvalue weighted by atomic mass is 10.0. The zero-order chi connectivity index (χ0) is 15.0. The molecule has 0 aliphatic carbocycles. The number of anilines is 1. The molecule has 0 saturated heterocycles. The Hall–Kier alpha value is -2.50. The number of carbonyl (C=O) groups is 1. The van der Waals surface area contributed by atoms with Crippen molar-refractivity contribution < 1.29 is 22.7 Å². The van der Waals surface area contributed by atoms with E-state index in [1.54, 1.807) is 24.3 Å². The quantitative estimate of drug-likeness (QED) is 0.869. The molecule has 1 aliphatic heterocycles. The van der Waals surface area contributed by atoms with Crippen molar-refractivity contribution in [3.05, 3.63) is 59.7 Å². The van der Waals surface area contributed by atoms with Crippen LogP contribution in [0.2, 0.25) is 0 Å². The van der Waals surface area contributed by atoms with Gasteiger partial charge in [0, 0.05) is 5.56 Å². The van der Waals surface area contributed by atoms with Crippen LogP contribution in [-0.4, -0.2) is 5.91 Å². The number of rotatable bonds is 1. The summed E-state index contributed by atoms with van der Waals surface area (Å²) in [4.78, 5) is 12.0. The molecule has 1 heterocycles. The minimum absolute atomic E-state index is 0.370. The lowest BCUT2D eigenvalue weighted by molar-refractivity contribution is -0.137. The average molecular weight is 293 g/mol. The number of hydrogen-bond donors (Lipinski definition) is 1. The van der Waals surface area contributed by atoms with E-state index < -0.39 is 23.8 Å². The Bertz CT molecular complexity index is 680. The third kappa shape index (κ3) is 2.56. The average Bonchev–Trinajstić information content (AvgIpc) is 2.46. The standard InChI is InChI=1S/C15H10F3NO2/c16-15(17,18)10-7-5-9(6-8-10)13-14(20)19-11-3-1-2-4-12(11)21-13/h1-8,13H,(H,19,20)/t13-/m0/s1. The van der Waals surface area contributed by atoms with E-state index in [0.717, 1.165) is 12.1 Å². The van der Waals surface area contributed by atoms with E-state index in [9.17, 15) is 18.0 Å². The van der Waals surface area contributed by atoms with Gasteiger partial charge in [-0.25, -0.2) is 0 Å². The molecule has 2 aromatic carbocycles. The van der Waals surface area contributed by atoms with Gasteiger partial charge in [0.2, 0.25) is 6.10 Å². The van der Waals surface area contributed by atoms with E-state index in [1.165, 1.54) is 12.1 Å². The Morgan fingerprint density at radius 2 is 1.67 bits per heavy atom. The zero-order valence-corrected chi connectivity index (χ0v) is 10.6. The van der Waals surface area contributed by atoms with Gasteiger partial charge >= 0.3 is 6.18 Å². The van der Waals surface area contributed by atoms with Crippen molar-refractivity contribution in [2.75, 3.05) is 5.32 Å². The fourth-order valence-electron chi connectivity index (χ4n) is 2.12. The van der Waals surface area contributed by atoms with Gasteiger partial charge in [0.05, 0.1) is 11.3 Å². The van der Waals surface area contributed by atoms with Crippen molar-refractivity contribution in [1.82, 2.24) is 0 Å². The first-order valence-electron chi connectivity index (χ1n) is 6.19. The highest BCUT2D eigenvalue weighted by Crippen LogP contribution is 2.35. The van der Waals surface area contributed by atoms with Crippen LogP contribution in [0.4, 0.5) is 18.9 Å². The Balaban J connectivity index is 1.89. The lowest BCUT2D eigenvalue weighted by Crippen LogP contribution is -2.30. The maximum atomic E-state index is 12.5. The first-order chi connectivity index (χ1) is 9.95.